The van der Waals surface area contributed by atoms with Crippen molar-refractivity contribution >= 4 is 23.7 Å². The first-order valence-corrected chi connectivity index (χ1v) is 9.56. The number of esters is 1. The number of nitrogens with zero attached hydrogens (tertiary/aromatic N) is 3. The molecule has 0 atom stereocenters. The predicted molar refractivity (Wildman–Crippen MR) is 113 cm³/mol. The van der Waals surface area contributed by atoms with Gasteiger partial charge in [0.25, 0.3) is 5.91 Å². The van der Waals surface area contributed by atoms with Gasteiger partial charge in [-0.1, -0.05) is 36.4 Å². The summed E-state index contributed by atoms with van der Waals surface area (Å²) in [6.45, 7) is -0.0325. The molecular weight excluding hydrogens is 398 g/mol. The molecule has 31 heavy (non-hydrogen) atoms. The van der Waals surface area contributed by atoms with Gasteiger partial charge in [-0.15, -0.1) is 0 Å². The predicted octanol–water partition coefficient (Wildman–Crippen LogP) is 2.79. The third kappa shape index (κ3) is 5.93. The highest BCUT2D eigenvalue weighted by molar-refractivity contribution is 6.02. The van der Waals surface area contributed by atoms with Crippen molar-refractivity contribution < 1.29 is 23.8 Å². The maximum atomic E-state index is 12.3. The summed E-state index contributed by atoms with van der Waals surface area (Å²) >= 11 is 0. The molecule has 8 heteroatoms. The topological polar surface area (TPSA) is 101 Å². The summed E-state index contributed by atoms with van der Waals surface area (Å²) in [4.78, 5) is 24.2. The zero-order valence-corrected chi connectivity index (χ0v) is 17.0. The summed E-state index contributed by atoms with van der Waals surface area (Å²) in [5.41, 5.74) is 2.47. The molecule has 0 fully saturated rings. The Bertz CT molecular complexity index is 1040. The van der Waals surface area contributed by atoms with Gasteiger partial charge >= 0.3 is 5.97 Å². The van der Waals surface area contributed by atoms with E-state index in [-0.39, 0.29) is 19.1 Å². The van der Waals surface area contributed by atoms with Crippen LogP contribution in [0, 0.1) is 11.3 Å². The fraction of sp³-hybridized carbons (Fsp3) is 0.217. The van der Waals surface area contributed by atoms with Crippen LogP contribution < -0.4 is 9.47 Å². The van der Waals surface area contributed by atoms with E-state index >= 15 is 0 Å². The lowest BCUT2D eigenvalue weighted by Crippen LogP contribution is -2.28. The van der Waals surface area contributed by atoms with Crippen LogP contribution in [-0.4, -0.2) is 49.5 Å². The Hall–Kier alpha value is -4.12. The second kappa shape index (κ2) is 10.6. The van der Waals surface area contributed by atoms with Crippen LogP contribution in [0.15, 0.2) is 59.7 Å². The van der Waals surface area contributed by atoms with E-state index in [1.807, 2.05) is 36.4 Å². The number of rotatable bonds is 8. The van der Waals surface area contributed by atoms with Gasteiger partial charge in [-0.3, -0.25) is 4.79 Å². The van der Waals surface area contributed by atoms with Crippen LogP contribution in [-0.2, 0) is 14.3 Å². The molecule has 2 aromatic rings. The minimum atomic E-state index is -0.649. The number of hydrogen-bond donors (Lipinski definition) is 0. The first kappa shape index (κ1) is 21.6. The molecule has 8 nitrogen and oxygen atoms in total. The lowest BCUT2D eigenvalue weighted by atomic mass is 10.1. The molecule has 3 rings (SSSR count). The van der Waals surface area contributed by atoms with Crippen LogP contribution in [0.1, 0.15) is 17.5 Å². The number of methoxy groups -OCH3 is 1. The van der Waals surface area contributed by atoms with Crippen molar-refractivity contribution in [3.8, 4) is 17.6 Å². The molecule has 1 aliphatic rings. The Balaban J connectivity index is 1.52. The zero-order valence-electron chi connectivity index (χ0n) is 17.0. The van der Waals surface area contributed by atoms with Crippen molar-refractivity contribution in [1.29, 1.82) is 5.26 Å². The minimum Gasteiger partial charge on any atom is -0.493 e. The number of benzene rings is 2. The summed E-state index contributed by atoms with van der Waals surface area (Å²) < 4.78 is 15.5. The second-order valence-corrected chi connectivity index (χ2v) is 6.48. The third-order valence-electron chi connectivity index (χ3n) is 4.43. The van der Waals surface area contributed by atoms with Crippen LogP contribution in [0.25, 0.3) is 6.08 Å². The van der Waals surface area contributed by atoms with Crippen LogP contribution in [0.4, 0.5) is 0 Å². The van der Waals surface area contributed by atoms with Gasteiger partial charge < -0.3 is 14.2 Å². The number of hydrazone groups is 1. The van der Waals surface area contributed by atoms with Crippen LogP contribution >= 0.6 is 0 Å². The SMILES string of the molecule is COc1cc(/C=C/C(=O)OCC(=O)N2CCC(c3ccccc3)=N2)ccc1OCC#N. The second-order valence-electron chi connectivity index (χ2n) is 6.48. The van der Waals surface area contributed by atoms with E-state index in [1.54, 1.807) is 18.2 Å². The summed E-state index contributed by atoms with van der Waals surface area (Å²) in [6.07, 6.45) is 3.41. The Kier molecular flexibility index (Phi) is 7.38. The molecule has 0 spiro atoms. The van der Waals surface area contributed by atoms with Gasteiger partial charge in [0, 0.05) is 12.5 Å². The molecule has 0 unspecified atom stereocenters. The number of carbonyl (C=O) groups is 2. The summed E-state index contributed by atoms with van der Waals surface area (Å²) in [5.74, 6) is -0.172. The van der Waals surface area contributed by atoms with Crippen molar-refractivity contribution in [2.75, 3.05) is 26.9 Å². The first-order chi connectivity index (χ1) is 15.1. The van der Waals surface area contributed by atoms with Crippen LogP contribution in [0.5, 0.6) is 11.5 Å². The number of carbonyl (C=O) groups excluding carboxylic acids is 2. The molecule has 0 radical (unpaired) electrons. The van der Waals surface area contributed by atoms with Crippen LogP contribution in [0.3, 0.4) is 0 Å². The third-order valence-corrected chi connectivity index (χ3v) is 4.43. The molecule has 1 aliphatic heterocycles. The van der Waals surface area contributed by atoms with Crippen LogP contribution in [0.2, 0.25) is 0 Å². The van der Waals surface area contributed by atoms with Crippen molar-refractivity contribution in [2.24, 2.45) is 5.10 Å². The highest BCUT2D eigenvalue weighted by Crippen LogP contribution is 2.28. The molecule has 1 amide bonds. The van der Waals surface area contributed by atoms with E-state index in [0.717, 1.165) is 11.3 Å². The standard InChI is InChI=1S/C23H21N3O5/c1-29-21-15-17(7-9-20(21)30-14-12-24)8-10-23(28)31-16-22(27)26-13-11-19(25-26)18-5-3-2-4-6-18/h2-10,15H,11,13-14,16H2,1H3/b10-8+. The minimum absolute atomic E-state index is 0.0974. The smallest absolute Gasteiger partial charge is 0.331 e. The van der Waals surface area contributed by atoms with Gasteiger partial charge in [0.1, 0.15) is 6.07 Å². The normalized spacial score (nSPS) is 12.9. The molecule has 0 saturated carbocycles. The number of ether oxygens (including phenoxy) is 3. The molecule has 0 aromatic heterocycles. The molecular formula is C23H21N3O5. The monoisotopic (exact) mass is 419 g/mol. The fourth-order valence-electron chi connectivity index (χ4n) is 2.91. The average Bonchev–Trinajstić information content (AvgIpc) is 3.31. The lowest BCUT2D eigenvalue weighted by Gasteiger charge is -2.11. The zero-order chi connectivity index (χ0) is 22.1. The van der Waals surface area contributed by atoms with Gasteiger partial charge in [-0.25, -0.2) is 9.80 Å². The summed E-state index contributed by atoms with van der Waals surface area (Å²) in [7, 11) is 1.48. The highest BCUT2D eigenvalue weighted by Gasteiger charge is 2.22. The number of nitriles is 1. The Labute approximate surface area is 179 Å². The van der Waals surface area contributed by atoms with Gasteiger partial charge in [-0.05, 0) is 29.3 Å². The maximum Gasteiger partial charge on any atom is 0.331 e. The van der Waals surface area contributed by atoms with Gasteiger partial charge in [0.2, 0.25) is 0 Å². The Morgan fingerprint density at radius 1 is 1.19 bits per heavy atom. The molecule has 0 saturated heterocycles. The highest BCUT2D eigenvalue weighted by atomic mass is 16.5. The molecule has 1 heterocycles. The van der Waals surface area contributed by atoms with E-state index in [4.69, 9.17) is 19.5 Å². The van der Waals surface area contributed by atoms with Crippen molar-refractivity contribution in [3.63, 3.8) is 0 Å². The first-order valence-electron chi connectivity index (χ1n) is 9.56. The largest absolute Gasteiger partial charge is 0.493 e. The van der Waals surface area contributed by atoms with E-state index in [2.05, 4.69) is 5.10 Å². The van der Waals surface area contributed by atoms with E-state index in [0.29, 0.717) is 30.0 Å². The molecule has 0 aliphatic carbocycles. The van der Waals surface area contributed by atoms with Gasteiger partial charge in [0.15, 0.2) is 24.7 Å². The van der Waals surface area contributed by atoms with Crippen molar-refractivity contribution in [3.05, 3.63) is 65.7 Å². The molecule has 2 aromatic carbocycles. The van der Waals surface area contributed by atoms with Crippen molar-refractivity contribution in [1.82, 2.24) is 5.01 Å². The quantitative estimate of drug-likeness (QED) is 0.482. The molecule has 0 bridgehead atoms. The fourth-order valence-corrected chi connectivity index (χ4v) is 2.91. The van der Waals surface area contributed by atoms with Crippen molar-refractivity contribution in [2.45, 2.75) is 6.42 Å². The average molecular weight is 419 g/mol. The van der Waals surface area contributed by atoms with E-state index in [9.17, 15) is 9.59 Å². The number of hydrogen-bond acceptors (Lipinski definition) is 7. The summed E-state index contributed by atoms with van der Waals surface area (Å²) in [5, 5.41) is 14.2. The van der Waals surface area contributed by atoms with E-state index in [1.165, 1.54) is 24.3 Å². The Morgan fingerprint density at radius 2 is 2.00 bits per heavy atom. The van der Waals surface area contributed by atoms with Gasteiger partial charge in [-0.2, -0.15) is 10.4 Å². The molecule has 158 valence electrons. The maximum absolute atomic E-state index is 12.3. The van der Waals surface area contributed by atoms with Gasteiger partial charge in [0.05, 0.1) is 19.4 Å². The summed E-state index contributed by atoms with van der Waals surface area (Å²) in [6, 6.07) is 16.5. The lowest BCUT2D eigenvalue weighted by molar-refractivity contribution is -0.147. The number of amides is 1. The Morgan fingerprint density at radius 3 is 2.74 bits per heavy atom. The molecule has 0 N–H and O–H groups in total. The van der Waals surface area contributed by atoms with E-state index < -0.39 is 5.97 Å².